The second-order valence-electron chi connectivity index (χ2n) is 5.74. The van der Waals surface area contributed by atoms with Crippen molar-refractivity contribution in [1.82, 2.24) is 5.32 Å². The van der Waals surface area contributed by atoms with Crippen LogP contribution in [-0.2, 0) is 6.42 Å². The fourth-order valence-electron chi connectivity index (χ4n) is 3.08. The Balaban J connectivity index is 1.82. The first-order valence-electron chi connectivity index (χ1n) is 7.87. The first kappa shape index (κ1) is 15.0. The van der Waals surface area contributed by atoms with E-state index in [-0.39, 0.29) is 5.91 Å². The van der Waals surface area contributed by atoms with Crippen molar-refractivity contribution < 1.29 is 4.79 Å². The summed E-state index contributed by atoms with van der Waals surface area (Å²) in [5.74, 6) is 0.855. The highest BCUT2D eigenvalue weighted by atomic mass is 16.1. The lowest BCUT2D eigenvalue weighted by Gasteiger charge is -2.21. The Morgan fingerprint density at radius 2 is 1.95 bits per heavy atom. The van der Waals surface area contributed by atoms with Crippen molar-refractivity contribution in [3.05, 3.63) is 35.4 Å². The number of nitrogens with one attached hydrogen (secondary N) is 1. The highest BCUT2D eigenvalue weighted by Crippen LogP contribution is 2.25. The van der Waals surface area contributed by atoms with Crippen molar-refractivity contribution in [2.45, 2.75) is 44.9 Å². The van der Waals surface area contributed by atoms with Crippen LogP contribution in [0.15, 0.2) is 24.3 Å². The van der Waals surface area contributed by atoms with E-state index in [2.05, 4.69) is 5.32 Å². The van der Waals surface area contributed by atoms with Gasteiger partial charge >= 0.3 is 0 Å². The Kier molecular flexibility index (Phi) is 6.06. The first-order chi connectivity index (χ1) is 9.81. The van der Waals surface area contributed by atoms with Crippen LogP contribution < -0.4 is 11.1 Å². The van der Waals surface area contributed by atoms with E-state index in [1.165, 1.54) is 32.1 Å². The van der Waals surface area contributed by atoms with Gasteiger partial charge in [-0.05, 0) is 36.9 Å². The van der Waals surface area contributed by atoms with Gasteiger partial charge < -0.3 is 11.1 Å². The smallest absolute Gasteiger partial charge is 0.251 e. The average Bonchev–Trinajstić information content (AvgIpc) is 2.49. The molecule has 3 nitrogen and oxygen atoms in total. The normalized spacial score (nSPS) is 16.1. The molecule has 1 aliphatic carbocycles. The molecule has 0 unspecified atom stereocenters. The number of benzene rings is 1. The molecule has 2 rings (SSSR count). The van der Waals surface area contributed by atoms with Gasteiger partial charge in [-0.3, -0.25) is 4.79 Å². The van der Waals surface area contributed by atoms with Gasteiger partial charge in [-0.1, -0.05) is 50.3 Å². The fourth-order valence-corrected chi connectivity index (χ4v) is 3.08. The van der Waals surface area contributed by atoms with Gasteiger partial charge in [0.1, 0.15) is 0 Å². The summed E-state index contributed by atoms with van der Waals surface area (Å²) >= 11 is 0. The number of nitrogens with two attached hydrogens (primary N) is 1. The van der Waals surface area contributed by atoms with Crippen LogP contribution in [0.25, 0.3) is 0 Å². The van der Waals surface area contributed by atoms with Crippen molar-refractivity contribution in [2.75, 3.05) is 13.1 Å². The number of carbonyl (C=O) groups excluding carboxylic acids is 1. The number of rotatable bonds is 6. The van der Waals surface area contributed by atoms with Gasteiger partial charge in [-0.2, -0.15) is 0 Å². The van der Waals surface area contributed by atoms with Crippen LogP contribution in [0.5, 0.6) is 0 Å². The van der Waals surface area contributed by atoms with E-state index in [1.54, 1.807) is 0 Å². The summed E-state index contributed by atoms with van der Waals surface area (Å²) in [7, 11) is 0. The lowest BCUT2D eigenvalue weighted by atomic mass is 9.87. The summed E-state index contributed by atoms with van der Waals surface area (Å²) in [6.07, 6.45) is 8.64. The maximum atomic E-state index is 12.2. The summed E-state index contributed by atoms with van der Waals surface area (Å²) in [6.45, 7) is 1.37. The van der Waals surface area contributed by atoms with Crippen molar-refractivity contribution in [2.24, 2.45) is 11.7 Å². The molecule has 1 saturated carbocycles. The molecule has 20 heavy (non-hydrogen) atoms. The summed E-state index contributed by atoms with van der Waals surface area (Å²) in [5, 5.41) is 3.07. The van der Waals surface area contributed by atoms with E-state index in [0.717, 1.165) is 36.4 Å². The molecular weight excluding hydrogens is 248 g/mol. The monoisotopic (exact) mass is 274 g/mol. The van der Waals surface area contributed by atoms with Gasteiger partial charge in [0.15, 0.2) is 0 Å². The molecular formula is C17H26N2O. The fraction of sp³-hybridized carbons (Fsp3) is 0.588. The third-order valence-electron chi connectivity index (χ3n) is 4.24. The maximum absolute atomic E-state index is 12.2. The Bertz CT molecular complexity index is 425. The molecule has 3 N–H and O–H groups in total. The van der Waals surface area contributed by atoms with Gasteiger partial charge in [-0.25, -0.2) is 0 Å². The summed E-state index contributed by atoms with van der Waals surface area (Å²) in [6, 6.07) is 7.75. The molecule has 1 fully saturated rings. The molecule has 0 aliphatic heterocycles. The third kappa shape index (κ3) is 4.34. The molecule has 0 spiro atoms. The molecule has 0 aromatic heterocycles. The number of hydrogen-bond acceptors (Lipinski definition) is 2. The molecule has 1 aliphatic rings. The zero-order valence-corrected chi connectivity index (χ0v) is 12.2. The van der Waals surface area contributed by atoms with Crippen LogP contribution in [0, 0.1) is 5.92 Å². The van der Waals surface area contributed by atoms with E-state index < -0.39 is 0 Å². The molecule has 1 aromatic rings. The molecule has 0 atom stereocenters. The van der Waals surface area contributed by atoms with E-state index in [4.69, 9.17) is 5.73 Å². The van der Waals surface area contributed by atoms with Gasteiger partial charge in [0.2, 0.25) is 0 Å². The minimum absolute atomic E-state index is 0.0462. The summed E-state index contributed by atoms with van der Waals surface area (Å²) in [4.78, 5) is 12.2. The van der Waals surface area contributed by atoms with E-state index in [1.807, 2.05) is 24.3 Å². The third-order valence-corrected chi connectivity index (χ3v) is 4.24. The maximum Gasteiger partial charge on any atom is 0.251 e. The highest BCUT2D eigenvalue weighted by molar-refractivity contribution is 5.95. The van der Waals surface area contributed by atoms with E-state index in [9.17, 15) is 4.79 Å². The zero-order chi connectivity index (χ0) is 14.2. The number of carbonyl (C=O) groups is 1. The van der Waals surface area contributed by atoms with Crippen molar-refractivity contribution in [3.63, 3.8) is 0 Å². The van der Waals surface area contributed by atoms with Crippen molar-refractivity contribution in [3.8, 4) is 0 Å². The molecule has 0 bridgehead atoms. The Morgan fingerprint density at radius 3 is 2.70 bits per heavy atom. The summed E-state index contributed by atoms with van der Waals surface area (Å²) in [5.41, 5.74) is 7.42. The molecule has 0 saturated heterocycles. The molecule has 0 heterocycles. The topological polar surface area (TPSA) is 55.1 Å². The number of hydrogen-bond donors (Lipinski definition) is 2. The van der Waals surface area contributed by atoms with Crippen LogP contribution in [-0.4, -0.2) is 19.0 Å². The lowest BCUT2D eigenvalue weighted by Crippen LogP contribution is -2.27. The Morgan fingerprint density at radius 1 is 1.20 bits per heavy atom. The zero-order valence-electron chi connectivity index (χ0n) is 12.2. The van der Waals surface area contributed by atoms with Crippen LogP contribution in [0.1, 0.15) is 54.4 Å². The van der Waals surface area contributed by atoms with Crippen molar-refractivity contribution >= 4 is 5.91 Å². The predicted molar refractivity (Wildman–Crippen MR) is 82.7 cm³/mol. The van der Waals surface area contributed by atoms with Crippen LogP contribution in [0.2, 0.25) is 0 Å². The quantitative estimate of drug-likeness (QED) is 0.838. The molecule has 110 valence electrons. The van der Waals surface area contributed by atoms with E-state index >= 15 is 0 Å². The molecule has 3 heteroatoms. The second-order valence-corrected chi connectivity index (χ2v) is 5.74. The SMILES string of the molecule is NCCc1ccccc1C(=O)NCCC1CCCCC1. The highest BCUT2D eigenvalue weighted by Gasteiger charge is 2.14. The van der Waals surface area contributed by atoms with Crippen LogP contribution in [0.3, 0.4) is 0 Å². The minimum atomic E-state index is 0.0462. The van der Waals surface area contributed by atoms with Gasteiger partial charge in [-0.15, -0.1) is 0 Å². The van der Waals surface area contributed by atoms with E-state index in [0.29, 0.717) is 6.54 Å². The minimum Gasteiger partial charge on any atom is -0.352 e. The van der Waals surface area contributed by atoms with Gasteiger partial charge in [0.25, 0.3) is 5.91 Å². The molecule has 1 aromatic carbocycles. The van der Waals surface area contributed by atoms with Crippen LogP contribution >= 0.6 is 0 Å². The Labute approximate surface area is 121 Å². The predicted octanol–water partition coefficient (Wildman–Crippen LogP) is 2.89. The lowest BCUT2D eigenvalue weighted by molar-refractivity contribution is 0.0949. The van der Waals surface area contributed by atoms with Gasteiger partial charge in [0.05, 0.1) is 0 Å². The largest absolute Gasteiger partial charge is 0.352 e. The standard InChI is InChI=1S/C17H26N2O/c18-12-10-15-8-4-5-9-16(15)17(20)19-13-11-14-6-2-1-3-7-14/h4-5,8-9,14H,1-3,6-7,10-13,18H2,(H,19,20). The number of amides is 1. The first-order valence-corrected chi connectivity index (χ1v) is 7.87. The van der Waals surface area contributed by atoms with Gasteiger partial charge in [0, 0.05) is 12.1 Å². The van der Waals surface area contributed by atoms with Crippen molar-refractivity contribution in [1.29, 1.82) is 0 Å². The molecule has 1 amide bonds. The average molecular weight is 274 g/mol. The van der Waals surface area contributed by atoms with Crippen LogP contribution in [0.4, 0.5) is 0 Å². The summed E-state index contributed by atoms with van der Waals surface area (Å²) < 4.78 is 0. The second kappa shape index (κ2) is 8.05. The Hall–Kier alpha value is -1.35. The molecule has 0 radical (unpaired) electrons.